The Morgan fingerprint density at radius 1 is 0.500 bits per heavy atom. The summed E-state index contributed by atoms with van der Waals surface area (Å²) in [5.41, 5.74) is 15.1. The van der Waals surface area contributed by atoms with Crippen LogP contribution in [0.3, 0.4) is 0 Å². The molecule has 0 atom stereocenters. The Balaban J connectivity index is 2.50. The molecule has 3 aromatic rings. The van der Waals surface area contributed by atoms with Crippen molar-refractivity contribution >= 4 is 11.0 Å². The van der Waals surface area contributed by atoms with Crippen LogP contribution in [0.1, 0.15) is 50.1 Å². The predicted molar refractivity (Wildman–Crippen MR) is 101 cm³/mol. The first kappa shape index (κ1) is 16.7. The average Bonchev–Trinajstić information content (AvgIpc) is 2.99. The van der Waals surface area contributed by atoms with Crippen molar-refractivity contribution in [3.8, 4) is 5.69 Å². The van der Waals surface area contributed by atoms with Gasteiger partial charge in [0, 0.05) is 0 Å². The highest BCUT2D eigenvalue weighted by molar-refractivity contribution is 5.86. The first-order chi connectivity index (χ1) is 11.2. The number of hydrogen-bond donors (Lipinski definition) is 0. The fraction of sp³-hybridized carbons (Fsp3) is 0.429. The molecular weight excluding hydrogens is 294 g/mol. The van der Waals surface area contributed by atoms with Gasteiger partial charge in [-0.25, -0.2) is 4.68 Å². The highest BCUT2D eigenvalue weighted by atomic mass is 15.4. The van der Waals surface area contributed by atoms with E-state index in [1.54, 1.807) is 0 Å². The minimum Gasteiger partial charge on any atom is -0.212 e. The van der Waals surface area contributed by atoms with Gasteiger partial charge in [-0.05, 0) is 112 Å². The molecule has 0 fully saturated rings. The van der Waals surface area contributed by atoms with E-state index in [9.17, 15) is 0 Å². The molecule has 1 aromatic heterocycles. The van der Waals surface area contributed by atoms with E-state index in [1.165, 1.54) is 55.8 Å². The number of aromatic nitrogens is 3. The van der Waals surface area contributed by atoms with Crippen molar-refractivity contribution in [2.75, 3.05) is 0 Å². The van der Waals surface area contributed by atoms with E-state index in [4.69, 9.17) is 0 Å². The van der Waals surface area contributed by atoms with Gasteiger partial charge in [-0.2, -0.15) is 0 Å². The molecular formula is C21H27N3. The maximum atomic E-state index is 4.57. The maximum absolute atomic E-state index is 4.57. The van der Waals surface area contributed by atoms with E-state index in [-0.39, 0.29) is 0 Å². The summed E-state index contributed by atoms with van der Waals surface area (Å²) in [5, 5.41) is 9.10. The second-order valence-corrected chi connectivity index (χ2v) is 7.17. The third kappa shape index (κ3) is 2.03. The minimum absolute atomic E-state index is 1.02. The second-order valence-electron chi connectivity index (χ2n) is 7.17. The third-order valence-electron chi connectivity index (χ3n) is 6.24. The lowest BCUT2D eigenvalue weighted by Crippen LogP contribution is -2.08. The zero-order valence-electron chi connectivity index (χ0n) is 16.3. The Morgan fingerprint density at radius 2 is 0.917 bits per heavy atom. The number of rotatable bonds is 1. The monoisotopic (exact) mass is 321 g/mol. The molecule has 0 amide bonds. The molecule has 0 saturated carbocycles. The molecule has 126 valence electrons. The summed E-state index contributed by atoms with van der Waals surface area (Å²) in [6, 6.07) is 0. The van der Waals surface area contributed by atoms with Crippen molar-refractivity contribution in [2.24, 2.45) is 0 Å². The van der Waals surface area contributed by atoms with Gasteiger partial charge in [0.25, 0.3) is 0 Å². The van der Waals surface area contributed by atoms with Gasteiger partial charge in [0.2, 0.25) is 0 Å². The van der Waals surface area contributed by atoms with Crippen LogP contribution in [0.5, 0.6) is 0 Å². The maximum Gasteiger partial charge on any atom is 0.117 e. The molecule has 2 aromatic carbocycles. The number of fused-ring (bicyclic) bond motifs is 1. The molecule has 3 heteroatoms. The summed E-state index contributed by atoms with van der Waals surface area (Å²) < 4.78 is 2.06. The summed E-state index contributed by atoms with van der Waals surface area (Å²) in [6.45, 7) is 19.7. The zero-order chi connectivity index (χ0) is 17.9. The van der Waals surface area contributed by atoms with Gasteiger partial charge in [-0.1, -0.05) is 5.21 Å². The van der Waals surface area contributed by atoms with E-state index in [0.29, 0.717) is 0 Å². The molecule has 0 aliphatic heterocycles. The van der Waals surface area contributed by atoms with Crippen LogP contribution in [-0.2, 0) is 0 Å². The average molecular weight is 321 g/mol. The molecule has 0 radical (unpaired) electrons. The molecule has 0 N–H and O–H groups in total. The van der Waals surface area contributed by atoms with Crippen LogP contribution < -0.4 is 0 Å². The summed E-state index contributed by atoms with van der Waals surface area (Å²) >= 11 is 0. The Hall–Kier alpha value is -2.16. The van der Waals surface area contributed by atoms with E-state index in [2.05, 4.69) is 77.3 Å². The molecule has 0 spiro atoms. The van der Waals surface area contributed by atoms with Crippen LogP contribution in [0.15, 0.2) is 0 Å². The number of hydrogen-bond acceptors (Lipinski definition) is 2. The molecule has 24 heavy (non-hydrogen) atoms. The SMILES string of the molecule is Cc1c(C)c(C)c(-n2nnc3c(C)c(C)c(C)c(C)c32)c(C)c1C. The number of aryl methyl sites for hydroxylation is 2. The predicted octanol–water partition coefficient (Wildman–Crippen LogP) is 5.20. The van der Waals surface area contributed by atoms with Crippen LogP contribution >= 0.6 is 0 Å². The fourth-order valence-corrected chi connectivity index (χ4v) is 3.74. The Kier molecular flexibility index (Phi) is 3.78. The van der Waals surface area contributed by atoms with E-state index in [0.717, 1.165) is 11.0 Å². The Morgan fingerprint density at radius 3 is 1.46 bits per heavy atom. The van der Waals surface area contributed by atoms with Crippen LogP contribution in [0.2, 0.25) is 0 Å². The van der Waals surface area contributed by atoms with Crippen molar-refractivity contribution in [3.05, 3.63) is 50.1 Å². The van der Waals surface area contributed by atoms with Gasteiger partial charge in [-0.15, -0.1) is 5.10 Å². The largest absolute Gasteiger partial charge is 0.212 e. The van der Waals surface area contributed by atoms with Gasteiger partial charge >= 0.3 is 0 Å². The van der Waals surface area contributed by atoms with Gasteiger partial charge in [0.05, 0.1) is 11.2 Å². The zero-order valence-corrected chi connectivity index (χ0v) is 16.3. The molecule has 1 heterocycles. The van der Waals surface area contributed by atoms with Gasteiger partial charge in [-0.3, -0.25) is 0 Å². The molecule has 3 rings (SSSR count). The molecule has 0 bridgehead atoms. The highest BCUT2D eigenvalue weighted by Crippen LogP contribution is 2.33. The number of benzene rings is 2. The minimum atomic E-state index is 1.02. The van der Waals surface area contributed by atoms with Gasteiger partial charge in [0.1, 0.15) is 5.52 Å². The Labute approximate surface area is 144 Å². The quantitative estimate of drug-likeness (QED) is 0.617. The van der Waals surface area contributed by atoms with E-state index in [1.807, 2.05) is 0 Å². The summed E-state index contributed by atoms with van der Waals surface area (Å²) in [5.74, 6) is 0. The third-order valence-corrected chi connectivity index (χ3v) is 6.24. The number of nitrogens with zero attached hydrogens (tertiary/aromatic N) is 3. The summed E-state index contributed by atoms with van der Waals surface area (Å²) in [4.78, 5) is 0. The molecule has 0 saturated heterocycles. The lowest BCUT2D eigenvalue weighted by Gasteiger charge is -2.19. The molecule has 0 aliphatic carbocycles. The smallest absolute Gasteiger partial charge is 0.117 e. The van der Waals surface area contributed by atoms with Crippen molar-refractivity contribution in [1.29, 1.82) is 0 Å². The summed E-state index contributed by atoms with van der Waals surface area (Å²) in [6.07, 6.45) is 0. The van der Waals surface area contributed by atoms with Crippen LogP contribution in [0.25, 0.3) is 16.7 Å². The first-order valence-electron chi connectivity index (χ1n) is 8.57. The van der Waals surface area contributed by atoms with Crippen LogP contribution in [-0.4, -0.2) is 15.0 Å². The van der Waals surface area contributed by atoms with E-state index < -0.39 is 0 Å². The first-order valence-corrected chi connectivity index (χ1v) is 8.57. The normalized spacial score (nSPS) is 11.5. The van der Waals surface area contributed by atoms with Crippen molar-refractivity contribution < 1.29 is 0 Å². The lowest BCUT2D eigenvalue weighted by atomic mass is 9.92. The van der Waals surface area contributed by atoms with Crippen molar-refractivity contribution in [3.63, 3.8) is 0 Å². The standard InChI is InChI=1S/C21H27N3/c1-10-12(3)16(7)20(17(8)13(10)4)24-21-18(9)14(5)11(2)15(6)19(21)22-23-24/h1-9H3. The van der Waals surface area contributed by atoms with Crippen molar-refractivity contribution in [1.82, 2.24) is 15.0 Å². The van der Waals surface area contributed by atoms with Crippen LogP contribution in [0, 0.1) is 62.3 Å². The fourth-order valence-electron chi connectivity index (χ4n) is 3.74. The van der Waals surface area contributed by atoms with Gasteiger partial charge in [0.15, 0.2) is 0 Å². The second kappa shape index (κ2) is 5.44. The van der Waals surface area contributed by atoms with Crippen LogP contribution in [0.4, 0.5) is 0 Å². The highest BCUT2D eigenvalue weighted by Gasteiger charge is 2.20. The van der Waals surface area contributed by atoms with E-state index >= 15 is 0 Å². The Bertz CT molecular complexity index is 962. The lowest BCUT2D eigenvalue weighted by molar-refractivity contribution is 0.808. The topological polar surface area (TPSA) is 30.7 Å². The molecule has 0 aliphatic rings. The summed E-state index contributed by atoms with van der Waals surface area (Å²) in [7, 11) is 0. The molecule has 0 unspecified atom stereocenters. The van der Waals surface area contributed by atoms with Crippen molar-refractivity contribution in [2.45, 2.75) is 62.3 Å². The van der Waals surface area contributed by atoms with Gasteiger partial charge < -0.3 is 0 Å². The molecule has 3 nitrogen and oxygen atoms in total.